The molecule has 0 atom stereocenters. The molecule has 1 aromatic heterocycles. The molecule has 0 aliphatic carbocycles. The Hall–Kier alpha value is -2.45. The second kappa shape index (κ2) is 4.20. The van der Waals surface area contributed by atoms with Gasteiger partial charge in [-0.1, -0.05) is 0 Å². The molecule has 0 saturated carbocycles. The average Bonchev–Trinajstić information content (AvgIpc) is 2.82. The fourth-order valence-corrected chi connectivity index (χ4v) is 1.40. The van der Waals surface area contributed by atoms with E-state index in [0.29, 0.717) is 18.9 Å². The highest BCUT2D eigenvalue weighted by molar-refractivity contribution is 5.80. The second-order valence-corrected chi connectivity index (χ2v) is 3.39. The van der Waals surface area contributed by atoms with Crippen LogP contribution in [0.3, 0.4) is 0 Å². The van der Waals surface area contributed by atoms with Gasteiger partial charge >= 0.3 is 11.8 Å². The lowest BCUT2D eigenvalue weighted by Gasteiger charge is -2.04. The van der Waals surface area contributed by atoms with E-state index in [9.17, 15) is 14.9 Å². The quantitative estimate of drug-likeness (QED) is 0.442. The largest absolute Gasteiger partial charge is 0.358 e. The maximum atomic E-state index is 11.2. The summed E-state index contributed by atoms with van der Waals surface area (Å²) in [6.07, 6.45) is 2.46. The van der Waals surface area contributed by atoms with E-state index in [1.54, 1.807) is 0 Å². The molecule has 0 unspecified atom stereocenters. The van der Waals surface area contributed by atoms with Gasteiger partial charge in [0.1, 0.15) is 12.4 Å². The molecule has 9 nitrogen and oxygen atoms in total. The Kier molecular flexibility index (Phi) is 2.73. The number of rotatable bonds is 3. The third-order valence-corrected chi connectivity index (χ3v) is 2.33. The van der Waals surface area contributed by atoms with Crippen LogP contribution in [-0.4, -0.2) is 44.8 Å². The normalized spacial score (nSPS) is 15.6. The topological polar surface area (TPSA) is 106 Å². The van der Waals surface area contributed by atoms with Crippen LogP contribution in [0.1, 0.15) is 5.82 Å². The minimum Gasteiger partial charge on any atom is -0.358 e. The number of nitro groups is 1. The smallest absolute Gasteiger partial charge is 0.342 e. The number of hydrazone groups is 1. The highest BCUT2D eigenvalue weighted by Gasteiger charge is 2.19. The lowest BCUT2D eigenvalue weighted by Crippen LogP contribution is -2.23. The molecule has 90 valence electrons. The second-order valence-electron chi connectivity index (χ2n) is 3.39. The van der Waals surface area contributed by atoms with Crippen LogP contribution in [0.15, 0.2) is 11.3 Å². The summed E-state index contributed by atoms with van der Waals surface area (Å²) in [4.78, 5) is 25.0. The number of nitrogens with one attached hydrogen (secondary N) is 1. The Labute approximate surface area is 95.9 Å². The molecule has 9 heteroatoms. The Bertz CT molecular complexity index is 493. The van der Waals surface area contributed by atoms with E-state index in [1.165, 1.54) is 22.8 Å². The van der Waals surface area contributed by atoms with Crippen LogP contribution in [0.4, 0.5) is 10.6 Å². The predicted octanol–water partition coefficient (Wildman–Crippen LogP) is -0.313. The number of carbonyl (C=O) groups excluding carboxylic acids is 1. The fourth-order valence-electron chi connectivity index (χ4n) is 1.40. The molecule has 17 heavy (non-hydrogen) atoms. The zero-order valence-electron chi connectivity index (χ0n) is 9.03. The van der Waals surface area contributed by atoms with E-state index in [2.05, 4.69) is 15.4 Å². The third-order valence-electron chi connectivity index (χ3n) is 2.33. The minimum absolute atomic E-state index is 0.127. The van der Waals surface area contributed by atoms with Gasteiger partial charge in [0.2, 0.25) is 5.82 Å². The highest BCUT2D eigenvalue weighted by atomic mass is 16.6. The van der Waals surface area contributed by atoms with Gasteiger partial charge in [-0.15, -0.1) is 0 Å². The molecule has 2 heterocycles. The minimum atomic E-state index is -0.535. The first-order valence-corrected chi connectivity index (χ1v) is 4.85. The zero-order chi connectivity index (χ0) is 12.4. The molecule has 1 saturated heterocycles. The fraction of sp³-hybridized carbons (Fsp3) is 0.375. The Morgan fingerprint density at radius 3 is 3.00 bits per heavy atom. The molecule has 1 N–H and O–H groups in total. The first-order chi connectivity index (χ1) is 8.09. The standard InChI is InChI=1S/C8H10N6O3/c1-12-6(10-5-7(12)14(16)17)4-11-13-3-2-9-8(13)15/h4-5H,2-3H2,1H3,(H,9,15)/b11-4+. The zero-order valence-corrected chi connectivity index (χ0v) is 9.03. The molecule has 2 rings (SSSR count). The Morgan fingerprint density at radius 1 is 1.71 bits per heavy atom. The van der Waals surface area contributed by atoms with Gasteiger partial charge in [0.05, 0.1) is 13.6 Å². The van der Waals surface area contributed by atoms with E-state index in [-0.39, 0.29) is 11.8 Å². The lowest BCUT2D eigenvalue weighted by molar-refractivity contribution is -0.391. The molecular weight excluding hydrogens is 228 g/mol. The third kappa shape index (κ3) is 2.07. The number of carbonyl (C=O) groups is 1. The van der Waals surface area contributed by atoms with Crippen LogP contribution in [0.5, 0.6) is 0 Å². The van der Waals surface area contributed by atoms with Crippen molar-refractivity contribution in [2.24, 2.45) is 12.1 Å². The molecule has 1 fully saturated rings. The van der Waals surface area contributed by atoms with Crippen molar-refractivity contribution >= 4 is 18.1 Å². The number of urea groups is 1. The van der Waals surface area contributed by atoms with E-state index >= 15 is 0 Å². The van der Waals surface area contributed by atoms with Crippen LogP contribution in [0.2, 0.25) is 0 Å². The molecule has 0 radical (unpaired) electrons. The van der Waals surface area contributed by atoms with E-state index in [4.69, 9.17) is 0 Å². The van der Waals surface area contributed by atoms with Crippen molar-refractivity contribution in [2.45, 2.75) is 0 Å². The van der Waals surface area contributed by atoms with Gasteiger partial charge in [-0.25, -0.2) is 19.4 Å². The van der Waals surface area contributed by atoms with Crippen LogP contribution >= 0.6 is 0 Å². The summed E-state index contributed by atoms with van der Waals surface area (Å²) in [6, 6.07) is -0.287. The molecular formula is C8H10N6O3. The molecule has 1 aliphatic rings. The number of imidazole rings is 1. The van der Waals surface area contributed by atoms with Gasteiger partial charge in [0.15, 0.2) is 0 Å². The molecule has 1 aromatic rings. The van der Waals surface area contributed by atoms with Crippen molar-refractivity contribution in [3.8, 4) is 0 Å². The van der Waals surface area contributed by atoms with Crippen molar-refractivity contribution in [1.82, 2.24) is 19.9 Å². The van der Waals surface area contributed by atoms with E-state index < -0.39 is 4.92 Å². The summed E-state index contributed by atoms with van der Waals surface area (Å²) < 4.78 is 1.29. The van der Waals surface area contributed by atoms with E-state index in [1.807, 2.05) is 0 Å². The summed E-state index contributed by atoms with van der Waals surface area (Å²) in [6.45, 7) is 1.01. The number of nitrogens with zero attached hydrogens (tertiary/aromatic N) is 5. The van der Waals surface area contributed by atoms with Crippen molar-refractivity contribution in [3.63, 3.8) is 0 Å². The first kappa shape index (κ1) is 11.0. The van der Waals surface area contributed by atoms with Crippen molar-refractivity contribution in [3.05, 3.63) is 22.1 Å². The maximum Gasteiger partial charge on any atom is 0.342 e. The molecule has 0 spiro atoms. The van der Waals surface area contributed by atoms with Gasteiger partial charge in [0, 0.05) is 6.54 Å². The van der Waals surface area contributed by atoms with Crippen molar-refractivity contribution in [1.29, 1.82) is 0 Å². The number of aromatic nitrogens is 2. The Morgan fingerprint density at radius 2 is 2.47 bits per heavy atom. The van der Waals surface area contributed by atoms with Crippen molar-refractivity contribution in [2.75, 3.05) is 13.1 Å². The number of hydrogen-bond donors (Lipinski definition) is 1. The van der Waals surface area contributed by atoms with Crippen LogP contribution in [0.25, 0.3) is 0 Å². The summed E-state index contributed by atoms with van der Waals surface area (Å²) in [5, 5.41) is 18.3. The summed E-state index contributed by atoms with van der Waals surface area (Å²) >= 11 is 0. The lowest BCUT2D eigenvalue weighted by atomic mass is 10.6. The average molecular weight is 238 g/mol. The van der Waals surface area contributed by atoms with Gasteiger partial charge in [-0.05, 0) is 4.92 Å². The van der Waals surface area contributed by atoms with Crippen LogP contribution < -0.4 is 5.32 Å². The monoisotopic (exact) mass is 238 g/mol. The number of hydrogen-bond acceptors (Lipinski definition) is 5. The molecule has 0 aromatic carbocycles. The van der Waals surface area contributed by atoms with E-state index in [0.717, 1.165) is 6.20 Å². The predicted molar refractivity (Wildman–Crippen MR) is 57.6 cm³/mol. The van der Waals surface area contributed by atoms with Crippen LogP contribution in [0, 0.1) is 10.1 Å². The van der Waals surface area contributed by atoms with Gasteiger partial charge in [-0.2, -0.15) is 5.10 Å². The summed E-state index contributed by atoms with van der Waals surface area (Å²) in [7, 11) is 1.51. The highest BCUT2D eigenvalue weighted by Crippen LogP contribution is 2.10. The molecule has 2 amide bonds. The SMILES string of the molecule is Cn1c([N+](=O)[O-])cnc1/C=N/N1CCNC1=O. The summed E-state index contributed by atoms with van der Waals surface area (Å²) in [5.74, 6) is 0.189. The van der Waals surface area contributed by atoms with Crippen molar-refractivity contribution < 1.29 is 9.72 Å². The molecule has 1 aliphatic heterocycles. The van der Waals surface area contributed by atoms with Crippen LogP contribution in [-0.2, 0) is 7.05 Å². The van der Waals surface area contributed by atoms with Gasteiger partial charge in [-0.3, -0.25) is 0 Å². The molecule has 0 bridgehead atoms. The summed E-state index contributed by atoms with van der Waals surface area (Å²) in [5.41, 5.74) is 0. The van der Waals surface area contributed by atoms with Gasteiger partial charge < -0.3 is 15.4 Å². The van der Waals surface area contributed by atoms with Gasteiger partial charge in [0.25, 0.3) is 0 Å². The number of amides is 2. The first-order valence-electron chi connectivity index (χ1n) is 4.85. The maximum absolute atomic E-state index is 11.2. The Balaban J connectivity index is 2.16.